The Kier molecular flexibility index (Phi) is 18.9. The molecule has 18 nitrogen and oxygen atoms in total. The average Bonchev–Trinajstić information content (AvgIpc) is 4.02. The SMILES string of the molecule is C=Cc1c(C)c2cc3nc(c(CC(=O)OC)c4nc(cc5[nH]c(cc1[nH]2)c(C)c5CC)C(C)=C4C(=O)SCCCS[C@@H]1O[C@H](COC(C)=O)[C@@H](OC(C)=O)[C@H](OC(C)=O)[C@H]1OC(C)=O)[C@@H](CCC(=O)OC)[C@@H]3C. The molecule has 0 unspecified atom stereocenters. The van der Waals surface area contributed by atoms with Gasteiger partial charge in [0.1, 0.15) is 18.1 Å². The van der Waals surface area contributed by atoms with Gasteiger partial charge in [0.05, 0.1) is 43.3 Å². The first-order chi connectivity index (χ1) is 34.7. The standard InChI is InChI=1S/C53H64N4O14S2/c1-13-33-25(3)37-21-39-27(5)35(16-17-44(62)65-11)47(56-39)36(20-45(63)66-12)48-46(28(6)40(57-48)23-42-34(14-2)26(4)38(55-42)22-41(33)54-37)52(64)72-18-15-19-73-53-51(70-32(10)61)50(69-31(9)60)49(68-30(8)59)43(71-53)24-67-29(7)58/h13,21-23,27,35,43,49-51,53-55H,1,14-20,24H2,2-12H3/t27-,35-,43+,49+,50-,51+,53-/m0/s1. The highest BCUT2D eigenvalue weighted by Gasteiger charge is 2.52. The van der Waals surface area contributed by atoms with Crippen molar-refractivity contribution in [3.05, 3.63) is 75.4 Å². The first-order valence-corrected chi connectivity index (χ1v) is 26.1. The fraction of sp³-hybridized carbons (Fsp3) is 0.491. The number of carbonyl (C=O) groups is 7. The summed E-state index contributed by atoms with van der Waals surface area (Å²) in [4.78, 5) is 108. The number of fused-ring (bicyclic) bond motifs is 8. The van der Waals surface area contributed by atoms with Gasteiger partial charge in [-0.05, 0) is 86.2 Å². The van der Waals surface area contributed by atoms with Crippen molar-refractivity contribution in [2.24, 2.45) is 0 Å². The van der Waals surface area contributed by atoms with Crippen molar-refractivity contribution in [3.8, 4) is 0 Å². The number of aromatic amines is 2. The Hall–Kier alpha value is -6.25. The number of methoxy groups -OCH3 is 2. The van der Waals surface area contributed by atoms with Crippen LogP contribution in [0.4, 0.5) is 0 Å². The number of rotatable bonds is 18. The minimum Gasteiger partial charge on any atom is -0.469 e. The minimum atomic E-state index is -1.31. The first kappa shape index (κ1) is 56.1. The van der Waals surface area contributed by atoms with E-state index in [1.54, 1.807) is 0 Å². The van der Waals surface area contributed by atoms with Gasteiger partial charge in [0, 0.05) is 90.6 Å². The zero-order valence-corrected chi connectivity index (χ0v) is 44.8. The second kappa shape index (κ2) is 24.6. The Bertz CT molecular complexity index is 2890. The fourth-order valence-corrected chi connectivity index (χ4v) is 11.7. The molecule has 392 valence electrons. The lowest BCUT2D eigenvalue weighted by atomic mass is 9.84. The molecule has 0 amide bonds. The maximum Gasteiger partial charge on any atom is 0.310 e. The third kappa shape index (κ3) is 12.9. The number of aryl methyl sites for hydroxylation is 3. The van der Waals surface area contributed by atoms with E-state index < -0.39 is 71.6 Å². The Labute approximate surface area is 432 Å². The van der Waals surface area contributed by atoms with Crippen LogP contribution in [-0.2, 0) is 79.6 Å². The molecule has 0 saturated carbocycles. The molecule has 2 N–H and O–H groups in total. The number of aromatic nitrogens is 4. The number of nitrogens with one attached hydrogen (secondary N) is 2. The van der Waals surface area contributed by atoms with Crippen molar-refractivity contribution in [1.82, 2.24) is 19.9 Å². The van der Waals surface area contributed by atoms with E-state index in [2.05, 4.69) is 36.5 Å². The minimum absolute atomic E-state index is 0.0718. The molecule has 6 rings (SSSR count). The fourth-order valence-electron chi connectivity index (χ4n) is 9.49. The summed E-state index contributed by atoms with van der Waals surface area (Å²) in [6.45, 7) is 18.4. The maximum absolute atomic E-state index is 14.9. The number of ether oxygens (including phenoxy) is 7. The van der Waals surface area contributed by atoms with Crippen LogP contribution in [0.1, 0.15) is 130 Å². The lowest BCUT2D eigenvalue weighted by Gasteiger charge is -2.44. The highest BCUT2D eigenvalue weighted by atomic mass is 32.2. The molecular formula is C53H64N4O14S2. The summed E-state index contributed by atoms with van der Waals surface area (Å²) < 4.78 is 38.6. The van der Waals surface area contributed by atoms with Gasteiger partial charge in [0.25, 0.3) is 0 Å². The first-order valence-electron chi connectivity index (χ1n) is 24.0. The van der Waals surface area contributed by atoms with Crippen LogP contribution in [0.3, 0.4) is 0 Å². The topological polar surface area (TPSA) is 241 Å². The van der Waals surface area contributed by atoms with Gasteiger partial charge in [-0.2, -0.15) is 0 Å². The van der Waals surface area contributed by atoms with Gasteiger partial charge in [0.15, 0.2) is 18.3 Å². The van der Waals surface area contributed by atoms with Crippen molar-refractivity contribution in [1.29, 1.82) is 0 Å². The predicted molar refractivity (Wildman–Crippen MR) is 277 cm³/mol. The summed E-state index contributed by atoms with van der Waals surface area (Å²) in [5.74, 6) is -3.80. The van der Waals surface area contributed by atoms with Crippen LogP contribution < -0.4 is 0 Å². The second-order valence-electron chi connectivity index (χ2n) is 18.0. The van der Waals surface area contributed by atoms with E-state index in [-0.39, 0.29) is 41.9 Å². The molecule has 1 saturated heterocycles. The number of H-pyrrole nitrogens is 2. The van der Waals surface area contributed by atoms with E-state index in [1.165, 1.54) is 39.8 Å². The zero-order chi connectivity index (χ0) is 53.4. The van der Waals surface area contributed by atoms with E-state index in [4.69, 9.17) is 43.1 Å². The average molecular weight is 1050 g/mol. The van der Waals surface area contributed by atoms with Crippen LogP contribution in [0.2, 0.25) is 0 Å². The Balaban J connectivity index is 1.44. The van der Waals surface area contributed by atoms with Gasteiger partial charge >= 0.3 is 35.8 Å². The number of carbonyl (C=O) groups excluding carboxylic acids is 7. The predicted octanol–water partition coefficient (Wildman–Crippen LogP) is 8.09. The third-order valence-electron chi connectivity index (χ3n) is 13.1. The molecular weight excluding hydrogens is 981 g/mol. The van der Waals surface area contributed by atoms with Gasteiger partial charge in [-0.3, -0.25) is 38.5 Å². The monoisotopic (exact) mass is 1040 g/mol. The number of hydrogen-bond acceptors (Lipinski definition) is 18. The number of thioether (sulfide) groups is 2. The Morgan fingerprint density at radius 2 is 1.41 bits per heavy atom. The molecule has 1 fully saturated rings. The van der Waals surface area contributed by atoms with Gasteiger partial charge in [-0.1, -0.05) is 38.3 Å². The molecule has 6 heterocycles. The van der Waals surface area contributed by atoms with Crippen LogP contribution in [0.25, 0.3) is 39.3 Å². The van der Waals surface area contributed by atoms with Crippen molar-refractivity contribution < 1.29 is 66.7 Å². The molecule has 8 bridgehead atoms. The van der Waals surface area contributed by atoms with Crippen molar-refractivity contribution in [2.75, 3.05) is 32.3 Å². The number of nitrogens with zero attached hydrogens (tertiary/aromatic N) is 2. The molecule has 20 heteroatoms. The van der Waals surface area contributed by atoms with E-state index in [1.807, 2.05) is 39.0 Å². The molecule has 3 aromatic rings. The number of esters is 6. The zero-order valence-electron chi connectivity index (χ0n) is 43.1. The smallest absolute Gasteiger partial charge is 0.310 e. The van der Waals surface area contributed by atoms with E-state index in [9.17, 15) is 33.6 Å². The van der Waals surface area contributed by atoms with Crippen molar-refractivity contribution >= 4 is 104 Å². The normalized spacial score (nSPS) is 20.5. The summed E-state index contributed by atoms with van der Waals surface area (Å²) in [6, 6.07) is 5.97. The van der Waals surface area contributed by atoms with Crippen molar-refractivity contribution in [2.45, 2.75) is 136 Å². The highest BCUT2D eigenvalue weighted by Crippen LogP contribution is 2.45. The van der Waals surface area contributed by atoms with E-state index in [0.29, 0.717) is 58.8 Å². The van der Waals surface area contributed by atoms with Gasteiger partial charge in [-0.15, -0.1) is 11.8 Å². The van der Waals surface area contributed by atoms with Crippen LogP contribution in [0, 0.1) is 13.8 Å². The second-order valence-corrected chi connectivity index (χ2v) is 20.2. The van der Waals surface area contributed by atoms with Crippen LogP contribution in [0.5, 0.6) is 0 Å². The number of allylic oxidation sites excluding steroid dienone is 1. The van der Waals surface area contributed by atoms with Crippen LogP contribution in [0.15, 0.2) is 24.8 Å². The molecule has 0 radical (unpaired) electrons. The van der Waals surface area contributed by atoms with Gasteiger partial charge in [0.2, 0.25) is 5.12 Å². The van der Waals surface area contributed by atoms with E-state index >= 15 is 0 Å². The molecule has 0 aromatic carbocycles. The molecule has 3 aromatic heterocycles. The quantitative estimate of drug-likeness (QED) is 0.0695. The van der Waals surface area contributed by atoms with Crippen molar-refractivity contribution in [3.63, 3.8) is 0 Å². The highest BCUT2D eigenvalue weighted by molar-refractivity contribution is 8.14. The number of hydrogen-bond donors (Lipinski definition) is 2. The molecule has 0 spiro atoms. The maximum atomic E-state index is 14.9. The molecule has 73 heavy (non-hydrogen) atoms. The third-order valence-corrected chi connectivity index (χ3v) is 15.3. The summed E-state index contributed by atoms with van der Waals surface area (Å²) in [5.41, 5.74) is 9.64. The summed E-state index contributed by atoms with van der Waals surface area (Å²) in [7, 11) is 2.62. The Morgan fingerprint density at radius 1 is 0.767 bits per heavy atom. The van der Waals surface area contributed by atoms with Crippen LogP contribution >= 0.6 is 23.5 Å². The summed E-state index contributed by atoms with van der Waals surface area (Å²) in [6.07, 6.45) is -1.87. The summed E-state index contributed by atoms with van der Waals surface area (Å²) in [5, 5.41) is -0.315. The largest absolute Gasteiger partial charge is 0.469 e. The molecule has 0 aliphatic carbocycles. The van der Waals surface area contributed by atoms with E-state index in [0.717, 1.165) is 69.9 Å². The van der Waals surface area contributed by atoms with Gasteiger partial charge in [-0.25, -0.2) is 4.98 Å². The lowest BCUT2D eigenvalue weighted by molar-refractivity contribution is -0.237. The van der Waals surface area contributed by atoms with Gasteiger partial charge < -0.3 is 43.1 Å². The molecule has 3 aliphatic heterocycles. The molecule has 7 atom stereocenters. The Morgan fingerprint density at radius 3 is 2.04 bits per heavy atom. The van der Waals surface area contributed by atoms with Crippen LogP contribution in [-0.4, -0.2) is 123 Å². The summed E-state index contributed by atoms with van der Waals surface area (Å²) >= 11 is 2.27. The lowest BCUT2D eigenvalue weighted by Crippen LogP contribution is -2.61. The molecule has 3 aliphatic rings.